The highest BCUT2D eigenvalue weighted by Gasteiger charge is 2.48. The molecule has 136 valence electrons. The van der Waals surface area contributed by atoms with E-state index >= 15 is 0 Å². The standard InChI is InChI=1S/C16H14N2O7S/c1-9(19)24-8-12-15(26-14-6-13(20)17(12)14)16(21)25-7-10-2-4-11(5-3-10)18(22)23/h2-5,14H,6-8H2,1H3/t14-/m1/s1. The zero-order chi connectivity index (χ0) is 18.8. The van der Waals surface area contributed by atoms with E-state index in [9.17, 15) is 24.5 Å². The lowest BCUT2D eigenvalue weighted by atomic mass is 10.1. The van der Waals surface area contributed by atoms with Crippen LogP contribution >= 0.6 is 11.8 Å². The van der Waals surface area contributed by atoms with Gasteiger partial charge in [-0.1, -0.05) is 11.8 Å². The van der Waals surface area contributed by atoms with Crippen LogP contribution in [0.25, 0.3) is 0 Å². The molecule has 9 nitrogen and oxygen atoms in total. The smallest absolute Gasteiger partial charge is 0.346 e. The van der Waals surface area contributed by atoms with Gasteiger partial charge in [-0.2, -0.15) is 0 Å². The molecule has 1 saturated heterocycles. The molecular weight excluding hydrogens is 364 g/mol. The Hall–Kier alpha value is -2.88. The van der Waals surface area contributed by atoms with Crippen LogP contribution in [0.15, 0.2) is 34.9 Å². The number of amides is 1. The summed E-state index contributed by atoms with van der Waals surface area (Å²) in [6.07, 6.45) is 0.313. The third-order valence-corrected chi connectivity index (χ3v) is 5.11. The van der Waals surface area contributed by atoms with E-state index < -0.39 is 16.9 Å². The van der Waals surface area contributed by atoms with E-state index in [1.165, 1.54) is 47.9 Å². The van der Waals surface area contributed by atoms with Gasteiger partial charge >= 0.3 is 11.9 Å². The van der Waals surface area contributed by atoms with Crippen molar-refractivity contribution in [2.45, 2.75) is 25.3 Å². The number of benzene rings is 1. The summed E-state index contributed by atoms with van der Waals surface area (Å²) in [5.41, 5.74) is 0.870. The van der Waals surface area contributed by atoms with Crippen LogP contribution in [0.3, 0.4) is 0 Å². The molecule has 2 heterocycles. The predicted molar refractivity (Wildman–Crippen MR) is 89.4 cm³/mol. The van der Waals surface area contributed by atoms with Crippen LogP contribution in [0.2, 0.25) is 0 Å². The number of rotatable bonds is 6. The molecule has 0 N–H and O–H groups in total. The first-order valence-electron chi connectivity index (χ1n) is 7.62. The van der Waals surface area contributed by atoms with Gasteiger partial charge in [0.1, 0.15) is 18.1 Å². The number of fused-ring (bicyclic) bond motifs is 1. The van der Waals surface area contributed by atoms with Crippen molar-refractivity contribution in [1.29, 1.82) is 0 Å². The van der Waals surface area contributed by atoms with Gasteiger partial charge in [-0.15, -0.1) is 0 Å². The van der Waals surface area contributed by atoms with Crippen molar-refractivity contribution in [3.8, 4) is 0 Å². The van der Waals surface area contributed by atoms with Crippen molar-refractivity contribution in [2.75, 3.05) is 6.61 Å². The summed E-state index contributed by atoms with van der Waals surface area (Å²) in [5.74, 6) is -1.28. The molecule has 1 aromatic rings. The minimum atomic E-state index is -0.627. The molecule has 0 bridgehead atoms. The molecular formula is C16H14N2O7S. The molecule has 10 heteroatoms. The van der Waals surface area contributed by atoms with E-state index in [0.29, 0.717) is 17.7 Å². The fourth-order valence-electron chi connectivity index (χ4n) is 2.52. The number of carbonyl (C=O) groups excluding carboxylic acids is 3. The van der Waals surface area contributed by atoms with Crippen molar-refractivity contribution in [2.24, 2.45) is 0 Å². The molecule has 1 fully saturated rings. The number of carbonyl (C=O) groups is 3. The van der Waals surface area contributed by atoms with Gasteiger partial charge in [0.15, 0.2) is 0 Å². The summed E-state index contributed by atoms with van der Waals surface area (Å²) in [7, 11) is 0. The monoisotopic (exact) mass is 378 g/mol. The number of non-ortho nitro benzene ring substituents is 1. The lowest BCUT2D eigenvalue weighted by molar-refractivity contribution is -0.384. The molecule has 1 atom stereocenters. The maximum absolute atomic E-state index is 12.4. The third-order valence-electron chi connectivity index (χ3n) is 3.83. The second-order valence-electron chi connectivity index (χ2n) is 5.60. The van der Waals surface area contributed by atoms with Crippen LogP contribution in [0, 0.1) is 10.1 Å². The molecule has 0 aromatic heterocycles. The van der Waals surface area contributed by atoms with Gasteiger partial charge in [0.2, 0.25) is 5.91 Å². The van der Waals surface area contributed by atoms with Crippen molar-refractivity contribution in [3.05, 3.63) is 50.5 Å². The number of nitro groups is 1. The summed E-state index contributed by atoms with van der Waals surface area (Å²) in [5, 5.41) is 10.5. The Labute approximate surface area is 152 Å². The van der Waals surface area contributed by atoms with E-state index in [2.05, 4.69) is 0 Å². The maximum Gasteiger partial charge on any atom is 0.346 e. The number of thioether (sulfide) groups is 1. The van der Waals surface area contributed by atoms with Gasteiger partial charge in [-0.05, 0) is 17.7 Å². The first-order valence-corrected chi connectivity index (χ1v) is 8.50. The zero-order valence-corrected chi connectivity index (χ0v) is 14.5. The number of hydrogen-bond acceptors (Lipinski definition) is 8. The minimum absolute atomic E-state index is 0.0549. The largest absolute Gasteiger partial charge is 0.459 e. The van der Waals surface area contributed by atoms with Gasteiger partial charge in [0.25, 0.3) is 5.69 Å². The fraction of sp³-hybridized carbons (Fsp3) is 0.312. The van der Waals surface area contributed by atoms with E-state index in [4.69, 9.17) is 9.47 Å². The van der Waals surface area contributed by atoms with Gasteiger partial charge in [0.05, 0.1) is 22.4 Å². The normalized spacial score (nSPS) is 18.3. The van der Waals surface area contributed by atoms with Crippen molar-refractivity contribution >= 4 is 35.3 Å². The average molecular weight is 378 g/mol. The SMILES string of the molecule is CC(=O)OCC1=C(C(=O)OCc2ccc([N+](=O)[O-])cc2)S[C@@H]2CC(=O)N12. The van der Waals surface area contributed by atoms with Crippen LogP contribution < -0.4 is 0 Å². The highest BCUT2D eigenvalue weighted by molar-refractivity contribution is 8.04. The minimum Gasteiger partial charge on any atom is -0.459 e. The highest BCUT2D eigenvalue weighted by atomic mass is 32.2. The Balaban J connectivity index is 1.68. The number of nitrogens with zero attached hydrogens (tertiary/aromatic N) is 2. The Morgan fingerprint density at radius 2 is 1.96 bits per heavy atom. The molecule has 2 aliphatic heterocycles. The first-order chi connectivity index (χ1) is 12.4. The second-order valence-corrected chi connectivity index (χ2v) is 6.78. The molecule has 0 saturated carbocycles. The lowest BCUT2D eigenvalue weighted by Crippen LogP contribution is -2.47. The molecule has 0 unspecified atom stereocenters. The summed E-state index contributed by atoms with van der Waals surface area (Å²) in [6, 6.07) is 5.64. The topological polar surface area (TPSA) is 116 Å². The summed E-state index contributed by atoms with van der Waals surface area (Å²) in [6.45, 7) is 0.998. The van der Waals surface area contributed by atoms with E-state index in [0.717, 1.165) is 0 Å². The molecule has 0 radical (unpaired) electrons. The van der Waals surface area contributed by atoms with Crippen LogP contribution in [0.5, 0.6) is 0 Å². The van der Waals surface area contributed by atoms with E-state index in [-0.39, 0.29) is 35.1 Å². The van der Waals surface area contributed by atoms with Crippen LogP contribution in [0.4, 0.5) is 5.69 Å². The number of hydrogen-bond donors (Lipinski definition) is 0. The Kier molecular flexibility index (Phi) is 4.94. The first kappa shape index (κ1) is 17.9. The Morgan fingerprint density at radius 3 is 2.54 bits per heavy atom. The molecule has 2 aliphatic rings. The summed E-state index contributed by atoms with van der Waals surface area (Å²) in [4.78, 5) is 47.0. The molecule has 1 amide bonds. The van der Waals surface area contributed by atoms with Gasteiger partial charge in [-0.3, -0.25) is 24.6 Å². The van der Waals surface area contributed by atoms with Gasteiger partial charge in [0, 0.05) is 19.1 Å². The van der Waals surface area contributed by atoms with E-state index in [1.54, 1.807) is 0 Å². The van der Waals surface area contributed by atoms with Crippen LogP contribution in [-0.2, 0) is 30.5 Å². The van der Waals surface area contributed by atoms with Gasteiger partial charge in [-0.25, -0.2) is 4.79 Å². The zero-order valence-electron chi connectivity index (χ0n) is 13.7. The molecule has 0 spiro atoms. The third kappa shape index (κ3) is 3.54. The quantitative estimate of drug-likeness (QED) is 0.318. The summed E-state index contributed by atoms with van der Waals surface area (Å²) >= 11 is 1.20. The predicted octanol–water partition coefficient (Wildman–Crippen LogP) is 1.72. The number of nitro benzene ring substituents is 1. The molecule has 1 aromatic carbocycles. The fourth-order valence-corrected chi connectivity index (χ4v) is 3.82. The van der Waals surface area contributed by atoms with Gasteiger partial charge < -0.3 is 9.47 Å². The number of ether oxygens (including phenoxy) is 2. The molecule has 26 heavy (non-hydrogen) atoms. The van der Waals surface area contributed by atoms with Crippen LogP contribution in [0.1, 0.15) is 18.9 Å². The number of β-lactam (4-membered cyclic amide) rings is 1. The Morgan fingerprint density at radius 1 is 1.27 bits per heavy atom. The lowest BCUT2D eigenvalue weighted by Gasteiger charge is -2.35. The number of esters is 2. The van der Waals surface area contributed by atoms with Crippen LogP contribution in [-0.4, -0.2) is 39.6 Å². The maximum atomic E-state index is 12.4. The average Bonchev–Trinajstić information content (AvgIpc) is 2.90. The van der Waals surface area contributed by atoms with E-state index in [1.807, 2.05) is 0 Å². The molecule has 0 aliphatic carbocycles. The molecule has 3 rings (SSSR count). The second kappa shape index (κ2) is 7.16. The highest BCUT2D eigenvalue weighted by Crippen LogP contribution is 2.46. The van der Waals surface area contributed by atoms with Crippen molar-refractivity contribution in [3.63, 3.8) is 0 Å². The Bertz CT molecular complexity index is 818. The summed E-state index contributed by atoms with van der Waals surface area (Å²) < 4.78 is 10.2. The van der Waals surface area contributed by atoms with Crippen molar-refractivity contribution < 1.29 is 28.8 Å². The van der Waals surface area contributed by atoms with Crippen molar-refractivity contribution in [1.82, 2.24) is 4.90 Å².